The molecule has 1 heterocycles. The molecule has 0 unspecified atom stereocenters. The molecule has 1 aliphatic heterocycles. The number of benzene rings is 2. The lowest BCUT2D eigenvalue weighted by atomic mass is 9.96. The van der Waals surface area contributed by atoms with E-state index >= 15 is 0 Å². The summed E-state index contributed by atoms with van der Waals surface area (Å²) in [7, 11) is 0. The van der Waals surface area contributed by atoms with E-state index < -0.39 is 12.1 Å². The van der Waals surface area contributed by atoms with Crippen LogP contribution in [0.25, 0.3) is 0 Å². The van der Waals surface area contributed by atoms with E-state index in [1.807, 2.05) is 48.5 Å². The Morgan fingerprint density at radius 3 is 2.60 bits per heavy atom. The van der Waals surface area contributed by atoms with E-state index in [9.17, 15) is 5.11 Å². The molecule has 0 fully saturated rings. The fourth-order valence-electron chi connectivity index (χ4n) is 2.33. The monoisotopic (exact) mass is 271 g/mol. The van der Waals surface area contributed by atoms with Crippen molar-refractivity contribution in [2.24, 2.45) is 5.73 Å². The Morgan fingerprint density at radius 1 is 1.05 bits per heavy atom. The second kappa shape index (κ2) is 5.53. The molecule has 3 N–H and O–H groups in total. The van der Waals surface area contributed by atoms with Gasteiger partial charge in [-0.3, -0.25) is 0 Å². The zero-order valence-electron chi connectivity index (χ0n) is 11.0. The summed E-state index contributed by atoms with van der Waals surface area (Å²) in [5.41, 5.74) is 8.05. The van der Waals surface area contributed by atoms with Crippen LogP contribution in [-0.2, 0) is 6.42 Å². The van der Waals surface area contributed by atoms with Crippen LogP contribution in [-0.4, -0.2) is 18.0 Å². The van der Waals surface area contributed by atoms with Crippen LogP contribution in [0.15, 0.2) is 48.5 Å². The van der Waals surface area contributed by atoms with Crippen LogP contribution in [0.4, 0.5) is 0 Å². The highest BCUT2D eigenvalue weighted by molar-refractivity contribution is 5.45. The van der Waals surface area contributed by atoms with Crippen molar-refractivity contribution in [1.82, 2.24) is 0 Å². The highest BCUT2D eigenvalue weighted by atomic mass is 16.7. The molecule has 0 amide bonds. The third-order valence-corrected chi connectivity index (χ3v) is 3.48. The molecule has 1 aliphatic rings. The van der Waals surface area contributed by atoms with Gasteiger partial charge in [-0.05, 0) is 23.3 Å². The number of fused-ring (bicyclic) bond motifs is 1. The first-order valence-corrected chi connectivity index (χ1v) is 6.61. The molecule has 2 atom stereocenters. The lowest BCUT2D eigenvalue weighted by molar-refractivity contribution is 0.145. The van der Waals surface area contributed by atoms with Gasteiger partial charge in [0.1, 0.15) is 0 Å². The number of aliphatic hydroxyl groups is 1. The Labute approximate surface area is 117 Å². The first-order valence-electron chi connectivity index (χ1n) is 6.61. The third kappa shape index (κ3) is 2.61. The summed E-state index contributed by atoms with van der Waals surface area (Å²) in [5, 5.41) is 10.3. The molecular weight excluding hydrogens is 254 g/mol. The number of hydrogen-bond acceptors (Lipinski definition) is 4. The normalized spacial score (nSPS) is 15.9. The summed E-state index contributed by atoms with van der Waals surface area (Å²) in [5.74, 6) is 1.41. The van der Waals surface area contributed by atoms with Crippen LogP contribution in [0.1, 0.15) is 17.2 Å². The summed E-state index contributed by atoms with van der Waals surface area (Å²) >= 11 is 0. The average molecular weight is 271 g/mol. The molecule has 0 saturated carbocycles. The minimum atomic E-state index is -0.641. The van der Waals surface area contributed by atoms with Gasteiger partial charge in [0.05, 0.1) is 12.1 Å². The molecule has 104 valence electrons. The Balaban J connectivity index is 1.73. The first-order chi connectivity index (χ1) is 9.74. The third-order valence-electron chi connectivity index (χ3n) is 3.48. The maximum atomic E-state index is 10.3. The maximum Gasteiger partial charge on any atom is 0.231 e. The van der Waals surface area contributed by atoms with E-state index in [1.165, 1.54) is 0 Å². The van der Waals surface area contributed by atoms with Crippen LogP contribution in [0.3, 0.4) is 0 Å². The smallest absolute Gasteiger partial charge is 0.231 e. The topological polar surface area (TPSA) is 64.7 Å². The summed E-state index contributed by atoms with van der Waals surface area (Å²) in [6.07, 6.45) is -0.117. The summed E-state index contributed by atoms with van der Waals surface area (Å²) in [4.78, 5) is 0. The molecular formula is C16H17NO3. The van der Waals surface area contributed by atoms with E-state index in [0.29, 0.717) is 12.2 Å². The zero-order chi connectivity index (χ0) is 13.9. The van der Waals surface area contributed by atoms with Crippen LogP contribution in [0.5, 0.6) is 11.5 Å². The summed E-state index contributed by atoms with van der Waals surface area (Å²) in [6.45, 7) is 0.237. The molecule has 2 aromatic carbocycles. The van der Waals surface area contributed by atoms with Crippen molar-refractivity contribution >= 4 is 0 Å². The molecule has 0 bridgehead atoms. The van der Waals surface area contributed by atoms with Gasteiger partial charge >= 0.3 is 0 Å². The van der Waals surface area contributed by atoms with Crippen LogP contribution < -0.4 is 15.2 Å². The number of ether oxygens (including phenoxy) is 2. The van der Waals surface area contributed by atoms with Gasteiger partial charge in [-0.15, -0.1) is 0 Å². The van der Waals surface area contributed by atoms with Gasteiger partial charge in [0.2, 0.25) is 6.79 Å². The van der Waals surface area contributed by atoms with Gasteiger partial charge in [-0.1, -0.05) is 36.4 Å². The van der Waals surface area contributed by atoms with Gasteiger partial charge in [0.15, 0.2) is 11.5 Å². The molecule has 0 saturated heterocycles. The molecule has 2 aromatic rings. The Kier molecular flexibility index (Phi) is 3.58. The molecule has 4 heteroatoms. The SMILES string of the molecule is N[C@@H](c1ccc2c(c1)OCO2)[C@H](O)Cc1ccccc1. The van der Waals surface area contributed by atoms with Gasteiger partial charge in [0.25, 0.3) is 0 Å². The lowest BCUT2D eigenvalue weighted by Crippen LogP contribution is -2.28. The number of nitrogens with two attached hydrogens (primary N) is 1. The van der Waals surface area contributed by atoms with E-state index in [2.05, 4.69) is 0 Å². The highest BCUT2D eigenvalue weighted by Gasteiger charge is 2.21. The largest absolute Gasteiger partial charge is 0.454 e. The van der Waals surface area contributed by atoms with Crippen molar-refractivity contribution in [2.75, 3.05) is 6.79 Å². The number of hydrogen-bond donors (Lipinski definition) is 2. The van der Waals surface area contributed by atoms with Crippen molar-refractivity contribution in [2.45, 2.75) is 18.6 Å². The summed E-state index contributed by atoms with van der Waals surface area (Å²) < 4.78 is 10.6. The number of aliphatic hydroxyl groups excluding tert-OH is 1. The standard InChI is InChI=1S/C16H17NO3/c17-16(13(18)8-11-4-2-1-3-5-11)12-6-7-14-15(9-12)20-10-19-14/h1-7,9,13,16,18H,8,10,17H2/t13-,16+/m1/s1. The Morgan fingerprint density at radius 2 is 1.80 bits per heavy atom. The highest BCUT2D eigenvalue weighted by Crippen LogP contribution is 2.34. The summed E-state index contributed by atoms with van der Waals surface area (Å²) in [6, 6.07) is 14.9. The Hall–Kier alpha value is -2.04. The quantitative estimate of drug-likeness (QED) is 0.893. The fraction of sp³-hybridized carbons (Fsp3) is 0.250. The van der Waals surface area contributed by atoms with Crippen molar-refractivity contribution in [1.29, 1.82) is 0 Å². The molecule has 0 spiro atoms. The van der Waals surface area contributed by atoms with E-state index in [0.717, 1.165) is 16.9 Å². The van der Waals surface area contributed by atoms with Crippen molar-refractivity contribution in [3.63, 3.8) is 0 Å². The van der Waals surface area contributed by atoms with Crippen molar-refractivity contribution < 1.29 is 14.6 Å². The lowest BCUT2D eigenvalue weighted by Gasteiger charge is -2.19. The minimum absolute atomic E-state index is 0.237. The second-order valence-corrected chi connectivity index (χ2v) is 4.90. The predicted octanol–water partition coefficient (Wildman–Crippen LogP) is 2.02. The molecule has 0 radical (unpaired) electrons. The van der Waals surface area contributed by atoms with E-state index in [4.69, 9.17) is 15.2 Å². The van der Waals surface area contributed by atoms with Gasteiger partial charge in [-0.2, -0.15) is 0 Å². The molecule has 0 aromatic heterocycles. The average Bonchev–Trinajstić information content (AvgIpc) is 2.94. The van der Waals surface area contributed by atoms with E-state index in [-0.39, 0.29) is 6.79 Å². The van der Waals surface area contributed by atoms with Crippen molar-refractivity contribution in [3.05, 3.63) is 59.7 Å². The van der Waals surface area contributed by atoms with Crippen LogP contribution >= 0.6 is 0 Å². The number of rotatable bonds is 4. The first kappa shape index (κ1) is 13.0. The molecule has 0 aliphatic carbocycles. The zero-order valence-corrected chi connectivity index (χ0v) is 11.0. The maximum absolute atomic E-state index is 10.3. The fourth-order valence-corrected chi connectivity index (χ4v) is 2.33. The molecule has 4 nitrogen and oxygen atoms in total. The molecule has 3 rings (SSSR count). The molecule has 20 heavy (non-hydrogen) atoms. The van der Waals surface area contributed by atoms with Crippen molar-refractivity contribution in [3.8, 4) is 11.5 Å². The minimum Gasteiger partial charge on any atom is -0.454 e. The van der Waals surface area contributed by atoms with Gasteiger partial charge in [0, 0.05) is 6.42 Å². The Bertz CT molecular complexity index is 586. The van der Waals surface area contributed by atoms with Crippen LogP contribution in [0, 0.1) is 0 Å². The predicted molar refractivity (Wildman–Crippen MR) is 75.6 cm³/mol. The second-order valence-electron chi connectivity index (χ2n) is 4.90. The van der Waals surface area contributed by atoms with E-state index in [1.54, 1.807) is 0 Å². The van der Waals surface area contributed by atoms with Crippen LogP contribution in [0.2, 0.25) is 0 Å². The van der Waals surface area contributed by atoms with Gasteiger partial charge in [-0.25, -0.2) is 0 Å². The van der Waals surface area contributed by atoms with Gasteiger partial charge < -0.3 is 20.3 Å².